The Morgan fingerprint density at radius 2 is 1.94 bits per heavy atom. The Morgan fingerprint density at radius 1 is 1.19 bits per heavy atom. The molecule has 1 fully saturated rings. The van der Waals surface area contributed by atoms with E-state index in [0.29, 0.717) is 28.7 Å². The minimum Gasteiger partial charge on any atom is -0.493 e. The van der Waals surface area contributed by atoms with Crippen LogP contribution in [0.15, 0.2) is 47.4 Å². The van der Waals surface area contributed by atoms with Gasteiger partial charge in [0.1, 0.15) is 13.2 Å². The van der Waals surface area contributed by atoms with Crippen LogP contribution in [0.3, 0.4) is 0 Å². The lowest BCUT2D eigenvalue weighted by Gasteiger charge is -2.13. The van der Waals surface area contributed by atoms with E-state index in [1.165, 1.54) is 13.2 Å². The zero-order valence-corrected chi connectivity index (χ0v) is 18.5. The van der Waals surface area contributed by atoms with Crippen LogP contribution < -0.4 is 9.47 Å². The molecule has 0 aliphatic carbocycles. The highest BCUT2D eigenvalue weighted by Crippen LogP contribution is 2.39. The monoisotopic (exact) mass is 461 g/mol. The third-order valence-electron chi connectivity index (χ3n) is 4.24. The molecule has 1 aliphatic rings. The van der Waals surface area contributed by atoms with Gasteiger partial charge in [0.2, 0.25) is 0 Å². The average molecular weight is 462 g/mol. The number of benzene rings is 2. The number of hydrogen-bond donors (Lipinski definition) is 0. The number of imide groups is 1. The van der Waals surface area contributed by atoms with Crippen molar-refractivity contribution in [1.82, 2.24) is 4.90 Å². The number of nitrogens with zero attached hydrogens (tertiary/aromatic N) is 1. The molecule has 0 aromatic heterocycles. The molecule has 2 amide bonds. The molecule has 2 aromatic rings. The predicted molar refractivity (Wildman–Crippen MR) is 118 cm³/mol. The van der Waals surface area contributed by atoms with Crippen LogP contribution in [0, 0.1) is 0 Å². The first-order valence-corrected chi connectivity index (χ1v) is 10.6. The molecule has 0 saturated carbocycles. The predicted octanol–water partition coefficient (Wildman–Crippen LogP) is 4.53. The first-order chi connectivity index (χ1) is 14.9. The normalized spacial score (nSPS) is 14.8. The fourth-order valence-corrected chi connectivity index (χ4v) is 3.93. The van der Waals surface area contributed by atoms with E-state index in [1.807, 2.05) is 30.3 Å². The van der Waals surface area contributed by atoms with Crippen molar-refractivity contribution in [3.05, 3.63) is 63.5 Å². The molecule has 1 heterocycles. The summed E-state index contributed by atoms with van der Waals surface area (Å²) < 4.78 is 16.0. The third-order valence-corrected chi connectivity index (χ3v) is 5.43. The molecule has 1 aliphatic heterocycles. The van der Waals surface area contributed by atoms with Crippen LogP contribution in [0.5, 0.6) is 11.5 Å². The largest absolute Gasteiger partial charge is 0.493 e. The van der Waals surface area contributed by atoms with Gasteiger partial charge in [0.25, 0.3) is 11.1 Å². The molecule has 3 rings (SSSR count). The highest BCUT2D eigenvalue weighted by Gasteiger charge is 2.36. The summed E-state index contributed by atoms with van der Waals surface area (Å²) in [6, 6.07) is 12.9. The molecule has 0 atom stereocenters. The number of hydrogen-bond acceptors (Lipinski definition) is 7. The lowest BCUT2D eigenvalue weighted by atomic mass is 10.1. The molecule has 0 bridgehead atoms. The molecule has 0 unspecified atom stereocenters. The quantitative estimate of drug-likeness (QED) is 0.422. The number of halogens is 1. The van der Waals surface area contributed by atoms with E-state index in [0.717, 1.165) is 22.2 Å². The van der Waals surface area contributed by atoms with Gasteiger partial charge in [0, 0.05) is 0 Å². The molecule has 1 saturated heterocycles. The van der Waals surface area contributed by atoms with Crippen molar-refractivity contribution in [2.75, 3.05) is 20.3 Å². The van der Waals surface area contributed by atoms with E-state index in [4.69, 9.17) is 25.8 Å². The second-order valence-electron chi connectivity index (χ2n) is 6.38. The van der Waals surface area contributed by atoms with E-state index in [2.05, 4.69) is 0 Å². The van der Waals surface area contributed by atoms with Crippen molar-refractivity contribution >= 4 is 46.6 Å². The van der Waals surface area contributed by atoms with Crippen molar-refractivity contribution in [3.63, 3.8) is 0 Å². The molecular weight excluding hydrogens is 442 g/mol. The van der Waals surface area contributed by atoms with Crippen molar-refractivity contribution in [2.45, 2.75) is 13.5 Å². The van der Waals surface area contributed by atoms with Gasteiger partial charge >= 0.3 is 5.97 Å². The molecule has 0 radical (unpaired) electrons. The number of thioether (sulfide) groups is 1. The molecular formula is C22H20ClNO6S. The van der Waals surface area contributed by atoms with Crippen molar-refractivity contribution < 1.29 is 28.6 Å². The van der Waals surface area contributed by atoms with Crippen LogP contribution >= 0.6 is 23.4 Å². The van der Waals surface area contributed by atoms with Gasteiger partial charge in [-0.1, -0.05) is 41.9 Å². The molecule has 31 heavy (non-hydrogen) atoms. The first kappa shape index (κ1) is 22.7. The van der Waals surface area contributed by atoms with Gasteiger partial charge in [-0.15, -0.1) is 0 Å². The molecule has 2 aromatic carbocycles. The van der Waals surface area contributed by atoms with E-state index >= 15 is 0 Å². The minimum atomic E-state index is -0.643. The van der Waals surface area contributed by atoms with Crippen LogP contribution in [-0.4, -0.2) is 42.3 Å². The van der Waals surface area contributed by atoms with Crippen molar-refractivity contribution in [1.29, 1.82) is 0 Å². The van der Waals surface area contributed by atoms with Gasteiger partial charge in [-0.25, -0.2) is 0 Å². The summed E-state index contributed by atoms with van der Waals surface area (Å²) in [4.78, 5) is 37.3. The fraction of sp³-hybridized carbons (Fsp3) is 0.227. The maximum atomic E-state index is 12.5. The zero-order chi connectivity index (χ0) is 22.4. The van der Waals surface area contributed by atoms with Crippen LogP contribution in [0.25, 0.3) is 6.08 Å². The highest BCUT2D eigenvalue weighted by atomic mass is 35.5. The van der Waals surface area contributed by atoms with Gasteiger partial charge < -0.3 is 14.2 Å². The van der Waals surface area contributed by atoms with Gasteiger partial charge in [-0.3, -0.25) is 19.3 Å². The first-order valence-electron chi connectivity index (χ1n) is 9.38. The number of carbonyl (C=O) groups excluding carboxylic acids is 3. The maximum Gasteiger partial charge on any atom is 0.326 e. The number of esters is 1. The lowest BCUT2D eigenvalue weighted by molar-refractivity contribution is -0.145. The zero-order valence-electron chi connectivity index (χ0n) is 16.9. The SMILES string of the molecule is CCOC(=O)CN1C(=O)S/C(=C/c2cc(Cl)c(OCc3ccccc3)c(OC)c2)C1=O. The Morgan fingerprint density at radius 3 is 2.61 bits per heavy atom. The molecule has 162 valence electrons. The topological polar surface area (TPSA) is 82.1 Å². The van der Waals surface area contributed by atoms with Crippen LogP contribution in [-0.2, 0) is 20.9 Å². The van der Waals surface area contributed by atoms with E-state index in [9.17, 15) is 14.4 Å². The third kappa shape index (κ3) is 5.59. The summed E-state index contributed by atoms with van der Waals surface area (Å²) in [5.74, 6) is -0.445. The Hall–Kier alpha value is -2.97. The van der Waals surface area contributed by atoms with E-state index < -0.39 is 23.7 Å². The number of ether oxygens (including phenoxy) is 3. The average Bonchev–Trinajstić information content (AvgIpc) is 3.00. The van der Waals surface area contributed by atoms with Gasteiger partial charge in [-0.2, -0.15) is 0 Å². The Labute approximate surface area is 188 Å². The standard InChI is InChI=1S/C22H20ClNO6S/c1-3-29-19(25)12-24-21(26)18(31-22(24)27)11-15-9-16(23)20(17(10-15)28-2)30-13-14-7-5-4-6-8-14/h4-11H,3,12-13H2,1-2H3/b18-11+. The molecule has 0 N–H and O–H groups in total. The molecule has 7 nitrogen and oxygen atoms in total. The summed E-state index contributed by atoms with van der Waals surface area (Å²) >= 11 is 7.14. The van der Waals surface area contributed by atoms with Crippen LogP contribution in [0.4, 0.5) is 4.79 Å². The lowest BCUT2D eigenvalue weighted by Crippen LogP contribution is -2.34. The Balaban J connectivity index is 1.79. The fourth-order valence-electron chi connectivity index (χ4n) is 2.82. The second-order valence-corrected chi connectivity index (χ2v) is 7.78. The summed E-state index contributed by atoms with van der Waals surface area (Å²) in [7, 11) is 1.48. The minimum absolute atomic E-state index is 0.169. The number of amides is 2. The number of rotatable bonds is 8. The Kier molecular flexibility index (Phi) is 7.59. The van der Waals surface area contributed by atoms with E-state index in [1.54, 1.807) is 19.1 Å². The summed E-state index contributed by atoms with van der Waals surface area (Å²) in [5, 5.41) is -0.238. The molecule has 0 spiro atoms. The second kappa shape index (κ2) is 10.4. The van der Waals surface area contributed by atoms with E-state index in [-0.39, 0.29) is 11.5 Å². The summed E-state index contributed by atoms with van der Waals surface area (Å²) in [6.45, 7) is 1.70. The summed E-state index contributed by atoms with van der Waals surface area (Å²) in [6.07, 6.45) is 1.52. The van der Waals surface area contributed by atoms with Crippen LogP contribution in [0.1, 0.15) is 18.1 Å². The van der Waals surface area contributed by atoms with Gasteiger partial charge in [0.05, 0.1) is 23.6 Å². The molecule has 9 heteroatoms. The maximum absolute atomic E-state index is 12.5. The Bertz CT molecular complexity index is 1020. The summed E-state index contributed by atoms with van der Waals surface area (Å²) in [5.41, 5.74) is 1.52. The van der Waals surface area contributed by atoms with Crippen LogP contribution in [0.2, 0.25) is 5.02 Å². The highest BCUT2D eigenvalue weighted by molar-refractivity contribution is 8.18. The van der Waals surface area contributed by atoms with Gasteiger partial charge in [0.15, 0.2) is 11.5 Å². The smallest absolute Gasteiger partial charge is 0.326 e. The van der Waals surface area contributed by atoms with Crippen molar-refractivity contribution in [3.8, 4) is 11.5 Å². The van der Waals surface area contributed by atoms with Crippen molar-refractivity contribution in [2.24, 2.45) is 0 Å². The number of carbonyl (C=O) groups is 3. The van der Waals surface area contributed by atoms with Gasteiger partial charge in [-0.05, 0) is 48.0 Å². The number of methoxy groups -OCH3 is 1.